The minimum absolute atomic E-state index is 0.127. The largest absolute Gasteiger partial charge is 0.366 e. The summed E-state index contributed by atoms with van der Waals surface area (Å²) >= 11 is 0. The van der Waals surface area contributed by atoms with Crippen molar-refractivity contribution in [1.29, 1.82) is 0 Å². The number of rotatable bonds is 5. The second-order valence-electron chi connectivity index (χ2n) is 6.79. The number of carbonyl (C=O) groups excluding carboxylic acids is 1. The average molecular weight is 381 g/mol. The van der Waals surface area contributed by atoms with Crippen LogP contribution < -0.4 is 11.1 Å². The number of primary amides is 1. The van der Waals surface area contributed by atoms with E-state index in [1.54, 1.807) is 24.4 Å². The third-order valence-electron chi connectivity index (χ3n) is 4.85. The molecule has 1 aliphatic carbocycles. The van der Waals surface area contributed by atoms with E-state index < -0.39 is 23.4 Å². The molecule has 3 aromatic rings. The van der Waals surface area contributed by atoms with Crippen molar-refractivity contribution < 1.29 is 13.6 Å². The third kappa shape index (κ3) is 3.28. The van der Waals surface area contributed by atoms with E-state index >= 15 is 0 Å². The van der Waals surface area contributed by atoms with Crippen molar-refractivity contribution in [3.63, 3.8) is 0 Å². The molecule has 4 rings (SSSR count). The Hall–Kier alpha value is -3.42. The molecule has 28 heavy (non-hydrogen) atoms. The van der Waals surface area contributed by atoms with Gasteiger partial charge in [-0.3, -0.25) is 9.78 Å². The van der Waals surface area contributed by atoms with Crippen LogP contribution in [0.25, 0.3) is 11.3 Å². The topological polar surface area (TPSA) is 93.8 Å². The van der Waals surface area contributed by atoms with E-state index in [1.165, 1.54) is 12.1 Å². The molecule has 8 heteroatoms. The van der Waals surface area contributed by atoms with Crippen molar-refractivity contribution in [3.05, 3.63) is 71.8 Å². The Labute approximate surface area is 159 Å². The van der Waals surface area contributed by atoms with Gasteiger partial charge >= 0.3 is 0 Å². The van der Waals surface area contributed by atoms with Crippen LogP contribution in [0, 0.1) is 5.82 Å². The van der Waals surface area contributed by atoms with E-state index in [-0.39, 0.29) is 29.7 Å². The summed E-state index contributed by atoms with van der Waals surface area (Å²) < 4.78 is 27.8. The first-order valence-electron chi connectivity index (χ1n) is 8.74. The summed E-state index contributed by atoms with van der Waals surface area (Å²) in [6.07, 6.45) is 1.31. The Balaban J connectivity index is 1.60. The fraction of sp³-hybridized carbons (Fsp3) is 0.200. The Morgan fingerprint density at radius 1 is 1.14 bits per heavy atom. The summed E-state index contributed by atoms with van der Waals surface area (Å²) in [7, 11) is 0. The van der Waals surface area contributed by atoms with Crippen molar-refractivity contribution in [1.82, 2.24) is 15.2 Å². The van der Waals surface area contributed by atoms with Gasteiger partial charge in [0, 0.05) is 30.2 Å². The van der Waals surface area contributed by atoms with Gasteiger partial charge in [-0.05, 0) is 42.5 Å². The number of amides is 1. The molecular weight excluding hydrogens is 364 g/mol. The molecule has 1 fully saturated rings. The van der Waals surface area contributed by atoms with Crippen LogP contribution in [0.1, 0.15) is 28.9 Å². The van der Waals surface area contributed by atoms with E-state index in [4.69, 9.17) is 5.73 Å². The van der Waals surface area contributed by atoms with Gasteiger partial charge < -0.3 is 11.1 Å². The molecule has 6 nitrogen and oxygen atoms in total. The van der Waals surface area contributed by atoms with E-state index in [0.29, 0.717) is 5.82 Å². The zero-order chi connectivity index (χ0) is 19.7. The number of nitrogens with two attached hydrogens (primary N) is 1. The zero-order valence-electron chi connectivity index (χ0n) is 14.8. The highest BCUT2D eigenvalue weighted by Crippen LogP contribution is 2.44. The standard InChI is InChI=1S/C20H17F2N5O/c21-13-10-20(11-13,17-3-1-2-8-24-17)25-18-7-6-16(26-27-18)14-9-12(19(23)28)4-5-15(14)22/h1-9,13H,10-11H2,(H2,23,28)(H,25,27). The first kappa shape index (κ1) is 18.0. The molecule has 0 atom stereocenters. The number of carbonyl (C=O) groups is 1. The van der Waals surface area contributed by atoms with Crippen molar-refractivity contribution in [3.8, 4) is 11.3 Å². The molecule has 0 radical (unpaired) electrons. The number of nitrogens with zero attached hydrogens (tertiary/aromatic N) is 3. The monoisotopic (exact) mass is 381 g/mol. The molecule has 1 aromatic carbocycles. The Morgan fingerprint density at radius 2 is 1.96 bits per heavy atom. The molecule has 2 heterocycles. The average Bonchev–Trinajstić information content (AvgIpc) is 2.68. The molecule has 1 amide bonds. The predicted molar refractivity (Wildman–Crippen MR) is 99.6 cm³/mol. The maximum atomic E-state index is 14.1. The van der Waals surface area contributed by atoms with Gasteiger partial charge in [0.25, 0.3) is 0 Å². The number of hydrogen-bond acceptors (Lipinski definition) is 5. The molecule has 3 N–H and O–H groups in total. The number of nitrogens with one attached hydrogen (secondary N) is 1. The van der Waals surface area contributed by atoms with Gasteiger partial charge in [0.15, 0.2) is 0 Å². The highest BCUT2D eigenvalue weighted by Gasteiger charge is 2.47. The van der Waals surface area contributed by atoms with Gasteiger partial charge in [-0.15, -0.1) is 10.2 Å². The van der Waals surface area contributed by atoms with Gasteiger partial charge in [0.05, 0.1) is 16.9 Å². The first-order valence-corrected chi connectivity index (χ1v) is 8.74. The zero-order valence-corrected chi connectivity index (χ0v) is 14.8. The van der Waals surface area contributed by atoms with E-state index in [2.05, 4.69) is 20.5 Å². The highest BCUT2D eigenvalue weighted by molar-refractivity contribution is 5.94. The van der Waals surface area contributed by atoms with Crippen LogP contribution in [0.4, 0.5) is 14.6 Å². The number of halogens is 2. The van der Waals surface area contributed by atoms with Gasteiger partial charge in [-0.2, -0.15) is 0 Å². The number of anilines is 1. The number of benzene rings is 1. The van der Waals surface area contributed by atoms with E-state index in [0.717, 1.165) is 11.8 Å². The first-order chi connectivity index (χ1) is 13.5. The van der Waals surface area contributed by atoms with Crippen LogP contribution >= 0.6 is 0 Å². The van der Waals surface area contributed by atoms with Crippen molar-refractivity contribution >= 4 is 11.7 Å². The molecule has 1 aliphatic rings. The minimum atomic E-state index is -0.910. The van der Waals surface area contributed by atoms with Crippen LogP contribution in [-0.4, -0.2) is 27.3 Å². The second kappa shape index (κ2) is 6.95. The molecule has 0 spiro atoms. The predicted octanol–water partition coefficient (Wildman–Crippen LogP) is 3.22. The fourth-order valence-corrected chi connectivity index (χ4v) is 3.38. The number of alkyl halides is 1. The van der Waals surface area contributed by atoms with Crippen molar-refractivity contribution in [2.45, 2.75) is 24.6 Å². The summed E-state index contributed by atoms with van der Waals surface area (Å²) in [5, 5.41) is 11.4. The number of hydrogen-bond donors (Lipinski definition) is 2. The lowest BCUT2D eigenvalue weighted by molar-refractivity contribution is 0.1000. The van der Waals surface area contributed by atoms with Crippen LogP contribution in [0.3, 0.4) is 0 Å². The third-order valence-corrected chi connectivity index (χ3v) is 4.85. The molecule has 2 aromatic heterocycles. The lowest BCUT2D eigenvalue weighted by Crippen LogP contribution is -2.49. The molecule has 0 unspecified atom stereocenters. The summed E-state index contributed by atoms with van der Waals surface area (Å²) in [5.74, 6) is -0.771. The number of aromatic nitrogens is 3. The summed E-state index contributed by atoms with van der Waals surface area (Å²) in [5.41, 5.74) is 5.90. The molecule has 0 saturated heterocycles. The quantitative estimate of drug-likeness (QED) is 0.708. The lowest BCUT2D eigenvalue weighted by atomic mass is 9.72. The maximum absolute atomic E-state index is 14.1. The van der Waals surface area contributed by atoms with Gasteiger partial charge in [-0.1, -0.05) is 6.07 Å². The molecule has 1 saturated carbocycles. The molecule has 0 aliphatic heterocycles. The minimum Gasteiger partial charge on any atom is -0.366 e. The van der Waals surface area contributed by atoms with Crippen LogP contribution in [0.2, 0.25) is 0 Å². The summed E-state index contributed by atoms with van der Waals surface area (Å²) in [6, 6.07) is 12.5. The number of pyridine rings is 1. The second-order valence-corrected chi connectivity index (χ2v) is 6.79. The summed E-state index contributed by atoms with van der Waals surface area (Å²) in [4.78, 5) is 15.7. The highest BCUT2D eigenvalue weighted by atomic mass is 19.1. The molecule has 0 bridgehead atoms. The van der Waals surface area contributed by atoms with E-state index in [1.807, 2.05) is 12.1 Å². The Morgan fingerprint density at radius 3 is 2.57 bits per heavy atom. The normalized spacial score (nSPS) is 21.0. The Bertz CT molecular complexity index is 1000. The van der Waals surface area contributed by atoms with E-state index in [9.17, 15) is 13.6 Å². The smallest absolute Gasteiger partial charge is 0.248 e. The van der Waals surface area contributed by atoms with Crippen LogP contribution in [0.5, 0.6) is 0 Å². The van der Waals surface area contributed by atoms with Gasteiger partial charge in [0.1, 0.15) is 17.8 Å². The summed E-state index contributed by atoms with van der Waals surface area (Å²) in [6.45, 7) is 0. The Kier molecular flexibility index (Phi) is 4.46. The van der Waals surface area contributed by atoms with Crippen molar-refractivity contribution in [2.24, 2.45) is 5.73 Å². The van der Waals surface area contributed by atoms with Crippen LogP contribution in [-0.2, 0) is 5.54 Å². The maximum Gasteiger partial charge on any atom is 0.248 e. The van der Waals surface area contributed by atoms with Crippen molar-refractivity contribution in [2.75, 3.05) is 5.32 Å². The van der Waals surface area contributed by atoms with Gasteiger partial charge in [0.2, 0.25) is 5.91 Å². The lowest BCUT2D eigenvalue weighted by Gasteiger charge is -2.44. The fourth-order valence-electron chi connectivity index (χ4n) is 3.38. The molecule has 142 valence electrons. The molecular formula is C20H17F2N5O. The van der Waals surface area contributed by atoms with Crippen LogP contribution in [0.15, 0.2) is 54.7 Å². The van der Waals surface area contributed by atoms with Gasteiger partial charge in [-0.25, -0.2) is 8.78 Å². The SMILES string of the molecule is NC(=O)c1ccc(F)c(-c2ccc(NC3(c4ccccn4)CC(F)C3)nn2)c1.